The van der Waals surface area contributed by atoms with E-state index in [4.69, 9.17) is 11.6 Å². The third-order valence-electron chi connectivity index (χ3n) is 7.29. The Morgan fingerprint density at radius 3 is 2.74 bits per heavy atom. The molecular weight excluding hydrogens is 486 g/mol. The van der Waals surface area contributed by atoms with Gasteiger partial charge >= 0.3 is 0 Å². The fraction of sp³-hybridized carbons (Fsp3) is 0.231. The Morgan fingerprint density at radius 2 is 1.91 bits per heavy atom. The number of nitro benzene ring substituents is 1. The maximum atomic E-state index is 13.6. The number of benzene rings is 3. The van der Waals surface area contributed by atoms with E-state index in [-0.39, 0.29) is 33.5 Å². The molecule has 3 aliphatic rings. The summed E-state index contributed by atoms with van der Waals surface area (Å²) < 4.78 is 28.7. The third kappa shape index (κ3) is 3.51. The zero-order valence-corrected chi connectivity index (χ0v) is 20.2. The van der Waals surface area contributed by atoms with Crippen LogP contribution < -0.4 is 9.62 Å². The summed E-state index contributed by atoms with van der Waals surface area (Å²) in [4.78, 5) is 11.2. The van der Waals surface area contributed by atoms with E-state index in [1.54, 1.807) is 18.2 Å². The van der Waals surface area contributed by atoms with Crippen LogP contribution in [0.1, 0.15) is 35.1 Å². The van der Waals surface area contributed by atoms with Crippen molar-refractivity contribution in [1.29, 1.82) is 0 Å². The molecule has 0 radical (unpaired) electrons. The molecule has 0 spiro atoms. The Hall–Kier alpha value is -3.36. The van der Waals surface area contributed by atoms with Crippen molar-refractivity contribution in [1.82, 2.24) is 0 Å². The number of fused-ring (bicyclic) bond motifs is 4. The van der Waals surface area contributed by atoms with Crippen molar-refractivity contribution in [2.45, 2.75) is 29.7 Å². The van der Waals surface area contributed by atoms with Gasteiger partial charge in [-0.05, 0) is 65.8 Å². The highest BCUT2D eigenvalue weighted by atomic mass is 35.5. The van der Waals surface area contributed by atoms with Crippen LogP contribution in [-0.4, -0.2) is 19.9 Å². The average Bonchev–Trinajstić information content (AvgIpc) is 3.51. The summed E-state index contributed by atoms with van der Waals surface area (Å²) in [5.74, 6) is 0.112. The van der Waals surface area contributed by atoms with Gasteiger partial charge in [-0.1, -0.05) is 48.0 Å². The van der Waals surface area contributed by atoms with Gasteiger partial charge in [-0.25, -0.2) is 8.42 Å². The normalized spacial score (nSPS) is 22.3. The number of sulfonamides is 1. The summed E-state index contributed by atoms with van der Waals surface area (Å²) >= 11 is 6.03. The molecule has 7 nitrogen and oxygen atoms in total. The molecular formula is C26H22ClN3O4S. The number of allylic oxidation sites excluding steroid dienone is 2. The number of nitro groups is 1. The fourth-order valence-corrected chi connectivity index (χ4v) is 7.34. The molecule has 9 heteroatoms. The lowest BCUT2D eigenvalue weighted by Crippen LogP contribution is -2.31. The molecule has 178 valence electrons. The predicted molar refractivity (Wildman–Crippen MR) is 136 cm³/mol. The van der Waals surface area contributed by atoms with E-state index in [0.717, 1.165) is 34.5 Å². The first-order valence-corrected chi connectivity index (χ1v) is 13.3. The van der Waals surface area contributed by atoms with Crippen molar-refractivity contribution in [3.8, 4) is 0 Å². The second-order valence-corrected chi connectivity index (χ2v) is 11.4. The molecule has 35 heavy (non-hydrogen) atoms. The first-order valence-electron chi connectivity index (χ1n) is 11.5. The molecule has 3 unspecified atom stereocenters. The van der Waals surface area contributed by atoms with Gasteiger partial charge in [0.15, 0.2) is 0 Å². The number of nitrogens with zero attached hydrogens (tertiary/aromatic N) is 2. The largest absolute Gasteiger partial charge is 0.378 e. The fourth-order valence-electron chi connectivity index (χ4n) is 5.61. The second kappa shape index (κ2) is 8.10. The molecule has 0 aromatic heterocycles. The van der Waals surface area contributed by atoms with Crippen LogP contribution in [0.15, 0.2) is 77.7 Å². The van der Waals surface area contributed by atoms with Crippen LogP contribution in [0.5, 0.6) is 0 Å². The van der Waals surface area contributed by atoms with Crippen LogP contribution >= 0.6 is 11.6 Å². The second-order valence-electron chi connectivity index (χ2n) is 9.15. The van der Waals surface area contributed by atoms with Crippen LogP contribution in [0.2, 0.25) is 5.02 Å². The Labute approximate surface area is 208 Å². The molecule has 0 amide bonds. The standard InChI is InChI=1S/C26H22ClN3O4S/c27-22-10-8-17(14-25(22)30(31)32)26-20-6-3-5-19(20)21-15-18(9-11-23(21)28-26)35(33,34)29-13-12-16-4-1-2-7-24(16)29/h1-5,7-11,14-15,19-20,26,28H,6,12-13H2. The third-order valence-corrected chi connectivity index (χ3v) is 9.42. The highest BCUT2D eigenvalue weighted by molar-refractivity contribution is 7.92. The number of para-hydroxylation sites is 1. The summed E-state index contributed by atoms with van der Waals surface area (Å²) in [5.41, 5.74) is 4.21. The van der Waals surface area contributed by atoms with Gasteiger partial charge in [0, 0.05) is 24.2 Å². The van der Waals surface area contributed by atoms with Crippen molar-refractivity contribution in [2.24, 2.45) is 5.92 Å². The van der Waals surface area contributed by atoms with Gasteiger partial charge in [0.25, 0.3) is 15.7 Å². The van der Waals surface area contributed by atoms with Gasteiger partial charge < -0.3 is 5.32 Å². The molecule has 1 aliphatic carbocycles. The monoisotopic (exact) mass is 507 g/mol. The summed E-state index contributed by atoms with van der Waals surface area (Å²) in [7, 11) is -3.71. The van der Waals surface area contributed by atoms with Crippen LogP contribution in [-0.2, 0) is 16.4 Å². The molecule has 6 rings (SSSR count). The minimum Gasteiger partial charge on any atom is -0.378 e. The van der Waals surface area contributed by atoms with Crippen LogP contribution in [0.25, 0.3) is 0 Å². The van der Waals surface area contributed by atoms with E-state index in [0.29, 0.717) is 13.0 Å². The zero-order chi connectivity index (χ0) is 24.3. The first kappa shape index (κ1) is 22.1. The minimum absolute atomic E-state index is 0.00648. The van der Waals surface area contributed by atoms with Crippen LogP contribution in [0.3, 0.4) is 0 Å². The van der Waals surface area contributed by atoms with Gasteiger partial charge in [-0.3, -0.25) is 14.4 Å². The summed E-state index contributed by atoms with van der Waals surface area (Å²) in [5, 5.41) is 15.1. The van der Waals surface area contributed by atoms with Gasteiger partial charge in [0.2, 0.25) is 0 Å². The lowest BCUT2D eigenvalue weighted by atomic mass is 9.77. The molecule has 3 aromatic carbocycles. The molecule has 2 aliphatic heterocycles. The van der Waals surface area contributed by atoms with Gasteiger partial charge in [-0.15, -0.1) is 0 Å². The van der Waals surface area contributed by atoms with Crippen LogP contribution in [0.4, 0.5) is 17.1 Å². The summed E-state index contributed by atoms with van der Waals surface area (Å²) in [6.45, 7) is 0.431. The molecule has 0 saturated heterocycles. The quantitative estimate of drug-likeness (QED) is 0.272. The van der Waals surface area contributed by atoms with E-state index in [1.165, 1.54) is 10.4 Å². The number of nitrogens with one attached hydrogen (secondary N) is 1. The molecule has 0 bridgehead atoms. The Morgan fingerprint density at radius 1 is 1.09 bits per heavy atom. The Bertz CT molecular complexity index is 1500. The topological polar surface area (TPSA) is 92.5 Å². The number of hydrogen-bond acceptors (Lipinski definition) is 5. The Balaban J connectivity index is 1.38. The van der Waals surface area contributed by atoms with Crippen molar-refractivity contribution in [2.75, 3.05) is 16.2 Å². The average molecular weight is 508 g/mol. The molecule has 0 saturated carbocycles. The SMILES string of the molecule is O=[N+]([O-])c1cc(C2Nc3ccc(S(=O)(=O)N4CCc5ccccc54)cc3C3C=CCC32)ccc1Cl. The number of hydrogen-bond donors (Lipinski definition) is 1. The lowest BCUT2D eigenvalue weighted by Gasteiger charge is -2.37. The molecule has 3 atom stereocenters. The van der Waals surface area contributed by atoms with Crippen LogP contribution in [0, 0.1) is 16.0 Å². The van der Waals surface area contributed by atoms with Gasteiger partial charge in [0.1, 0.15) is 5.02 Å². The van der Waals surface area contributed by atoms with Gasteiger partial charge in [0.05, 0.1) is 21.5 Å². The number of halogens is 1. The van der Waals surface area contributed by atoms with Crippen molar-refractivity contribution in [3.63, 3.8) is 0 Å². The van der Waals surface area contributed by atoms with Crippen molar-refractivity contribution < 1.29 is 13.3 Å². The lowest BCUT2D eigenvalue weighted by molar-refractivity contribution is -0.384. The highest BCUT2D eigenvalue weighted by Gasteiger charge is 2.40. The highest BCUT2D eigenvalue weighted by Crippen LogP contribution is 2.51. The first-order chi connectivity index (χ1) is 16.8. The van der Waals surface area contributed by atoms with E-state index in [2.05, 4.69) is 17.5 Å². The number of rotatable bonds is 4. The maximum absolute atomic E-state index is 13.6. The van der Waals surface area contributed by atoms with Crippen molar-refractivity contribution >= 4 is 38.7 Å². The van der Waals surface area contributed by atoms with E-state index in [9.17, 15) is 18.5 Å². The Kier molecular flexibility index (Phi) is 5.12. The minimum atomic E-state index is -3.71. The summed E-state index contributed by atoms with van der Waals surface area (Å²) in [6.07, 6.45) is 5.70. The molecule has 2 heterocycles. The molecule has 0 fully saturated rings. The predicted octanol–water partition coefficient (Wildman–Crippen LogP) is 5.83. The van der Waals surface area contributed by atoms with Gasteiger partial charge in [-0.2, -0.15) is 0 Å². The van der Waals surface area contributed by atoms with E-state index in [1.807, 2.05) is 36.4 Å². The van der Waals surface area contributed by atoms with Crippen molar-refractivity contribution in [3.05, 3.63) is 105 Å². The molecule has 3 aromatic rings. The van der Waals surface area contributed by atoms with E-state index < -0.39 is 14.9 Å². The number of anilines is 2. The smallest absolute Gasteiger partial charge is 0.288 e. The van der Waals surface area contributed by atoms with E-state index >= 15 is 0 Å². The maximum Gasteiger partial charge on any atom is 0.288 e. The summed E-state index contributed by atoms with van der Waals surface area (Å²) in [6, 6.07) is 17.6. The molecule has 1 N–H and O–H groups in total. The zero-order valence-electron chi connectivity index (χ0n) is 18.6.